The molecular weight excluding hydrogens is 183 g/mol. The van der Waals surface area contributed by atoms with Crippen molar-refractivity contribution in [3.8, 4) is 0 Å². The van der Waals surface area contributed by atoms with Crippen LogP contribution < -0.4 is 22.9 Å². The van der Waals surface area contributed by atoms with Crippen LogP contribution in [0, 0.1) is 0 Å². The highest BCUT2D eigenvalue weighted by atomic mass is 35.5. The van der Waals surface area contributed by atoms with Crippen LogP contribution in [0.5, 0.6) is 0 Å². The van der Waals surface area contributed by atoms with Gasteiger partial charge in [0.1, 0.15) is 0 Å². The molecule has 4 amide bonds. The van der Waals surface area contributed by atoms with E-state index in [1.54, 1.807) is 0 Å². The summed E-state index contributed by atoms with van der Waals surface area (Å²) in [5, 5.41) is 0. The summed E-state index contributed by atoms with van der Waals surface area (Å²) < 4.78 is 0. The number of hydrogen-bond donors (Lipinski definition) is 4. The van der Waals surface area contributed by atoms with Crippen molar-refractivity contribution in [2.75, 3.05) is 0 Å². The van der Waals surface area contributed by atoms with E-state index in [0.29, 0.717) is 0 Å². The summed E-state index contributed by atoms with van der Waals surface area (Å²) in [7, 11) is 0. The van der Waals surface area contributed by atoms with Gasteiger partial charge in [-0.25, -0.2) is 9.59 Å². The van der Waals surface area contributed by atoms with Crippen molar-refractivity contribution in [3.05, 3.63) is 0 Å². The highest BCUT2D eigenvalue weighted by Gasteiger charge is 1.61. The highest BCUT2D eigenvalue weighted by molar-refractivity contribution is 5.85. The molecule has 8 heteroatoms. The molecule has 0 aromatic carbocycles. The number of hydrogen-bond acceptors (Lipinski definition) is 2. The number of carbonyl (C=O) groups is 2. The van der Waals surface area contributed by atoms with Crippen LogP contribution in [0.1, 0.15) is 0 Å². The second-order valence-electron chi connectivity index (χ2n) is 0.805. The predicted octanol–water partition coefficient (Wildman–Crippen LogP) is -1.11. The Morgan fingerprint density at radius 1 is 0.700 bits per heavy atom. The molecule has 0 saturated carbocycles. The van der Waals surface area contributed by atoms with Crippen LogP contribution in [0.3, 0.4) is 0 Å². The summed E-state index contributed by atoms with van der Waals surface area (Å²) in [5.41, 5.74) is 17.0. The molecule has 8 N–H and O–H groups in total. The van der Waals surface area contributed by atoms with Gasteiger partial charge in [0.05, 0.1) is 0 Å². The molecular formula is C2H10Cl2N4O2. The molecule has 0 aromatic heterocycles. The lowest BCUT2D eigenvalue weighted by Gasteiger charge is -1.62. The average molecular weight is 193 g/mol. The topological polar surface area (TPSA) is 138 Å². The summed E-state index contributed by atoms with van der Waals surface area (Å²) in [6.07, 6.45) is 0. The first-order chi connectivity index (χ1) is 3.46. The zero-order chi connectivity index (χ0) is 7.15. The van der Waals surface area contributed by atoms with E-state index >= 15 is 0 Å². The second kappa shape index (κ2) is 15.7. The summed E-state index contributed by atoms with van der Waals surface area (Å²) in [6, 6.07) is -1.67. The van der Waals surface area contributed by atoms with Crippen LogP contribution >= 0.6 is 24.8 Å². The van der Waals surface area contributed by atoms with E-state index < -0.39 is 12.1 Å². The van der Waals surface area contributed by atoms with E-state index in [1.807, 2.05) is 0 Å². The number of nitrogens with two attached hydrogens (primary N) is 4. The van der Waals surface area contributed by atoms with E-state index in [0.717, 1.165) is 0 Å². The smallest absolute Gasteiger partial charge is 0.309 e. The van der Waals surface area contributed by atoms with Crippen molar-refractivity contribution in [2.24, 2.45) is 22.9 Å². The molecule has 0 rings (SSSR count). The van der Waals surface area contributed by atoms with E-state index in [9.17, 15) is 0 Å². The van der Waals surface area contributed by atoms with Gasteiger partial charge in [-0.3, -0.25) is 0 Å². The Bertz CT molecular complexity index is 77.3. The van der Waals surface area contributed by atoms with Crippen molar-refractivity contribution in [3.63, 3.8) is 0 Å². The number of halogens is 2. The van der Waals surface area contributed by atoms with Gasteiger partial charge < -0.3 is 22.9 Å². The quantitative estimate of drug-likeness (QED) is 0.387. The maximum absolute atomic E-state index is 9.00. The number of amides is 4. The molecule has 0 bridgehead atoms. The monoisotopic (exact) mass is 192 g/mol. The molecule has 0 heterocycles. The van der Waals surface area contributed by atoms with Crippen molar-refractivity contribution in [1.82, 2.24) is 0 Å². The maximum Gasteiger partial charge on any atom is 0.309 e. The van der Waals surface area contributed by atoms with Crippen molar-refractivity contribution in [1.29, 1.82) is 0 Å². The first kappa shape index (κ1) is 22.9. The molecule has 0 aromatic rings. The van der Waals surface area contributed by atoms with Crippen molar-refractivity contribution >= 4 is 36.9 Å². The first-order valence-corrected chi connectivity index (χ1v) is 1.56. The van der Waals surface area contributed by atoms with Crippen LogP contribution in [0.25, 0.3) is 0 Å². The molecule has 0 spiro atoms. The lowest BCUT2D eigenvalue weighted by molar-refractivity contribution is 0.255. The minimum absolute atomic E-state index is 0. The second-order valence-corrected chi connectivity index (χ2v) is 0.805. The van der Waals surface area contributed by atoms with Crippen LogP contribution in [0.15, 0.2) is 0 Å². The fourth-order valence-corrected chi connectivity index (χ4v) is 0. The Morgan fingerprint density at radius 3 is 0.700 bits per heavy atom. The third-order valence-corrected chi connectivity index (χ3v) is 0. The van der Waals surface area contributed by atoms with Crippen LogP contribution in [0.2, 0.25) is 0 Å². The number of rotatable bonds is 0. The SMILES string of the molecule is Cl.Cl.NC(N)=O.NC(N)=O. The van der Waals surface area contributed by atoms with Gasteiger partial charge >= 0.3 is 12.1 Å². The van der Waals surface area contributed by atoms with Crippen molar-refractivity contribution in [2.45, 2.75) is 0 Å². The number of carbonyl (C=O) groups excluding carboxylic acids is 2. The molecule has 0 aliphatic rings. The lowest BCUT2D eigenvalue weighted by Crippen LogP contribution is -2.18. The van der Waals surface area contributed by atoms with Gasteiger partial charge in [-0.2, -0.15) is 0 Å². The van der Waals surface area contributed by atoms with Crippen molar-refractivity contribution < 1.29 is 9.59 Å². The zero-order valence-corrected chi connectivity index (χ0v) is 6.58. The van der Waals surface area contributed by atoms with Crippen LogP contribution in [-0.2, 0) is 0 Å². The fraction of sp³-hybridized carbons (Fsp3) is 0. The maximum atomic E-state index is 9.00. The van der Waals surface area contributed by atoms with Crippen LogP contribution in [0.4, 0.5) is 9.59 Å². The summed E-state index contributed by atoms with van der Waals surface area (Å²) >= 11 is 0. The Hall–Kier alpha value is -0.880. The molecule has 0 saturated heterocycles. The molecule has 0 aliphatic carbocycles. The van der Waals surface area contributed by atoms with Gasteiger partial charge in [-0.05, 0) is 0 Å². The average Bonchev–Trinajstić information content (AvgIpc) is 1.25. The van der Waals surface area contributed by atoms with Gasteiger partial charge in [-0.15, -0.1) is 24.8 Å². The molecule has 10 heavy (non-hydrogen) atoms. The molecule has 0 atom stereocenters. The Morgan fingerprint density at radius 2 is 0.700 bits per heavy atom. The third-order valence-electron chi connectivity index (χ3n) is 0. The lowest BCUT2D eigenvalue weighted by atomic mass is 11.2. The molecule has 6 nitrogen and oxygen atoms in total. The zero-order valence-electron chi connectivity index (χ0n) is 4.94. The number of primary amides is 4. The third kappa shape index (κ3) is 344. The largest absolute Gasteiger partial charge is 0.352 e. The van der Waals surface area contributed by atoms with Gasteiger partial charge in [0.2, 0.25) is 0 Å². The molecule has 64 valence electrons. The van der Waals surface area contributed by atoms with Gasteiger partial charge in [0.25, 0.3) is 0 Å². The molecule has 0 radical (unpaired) electrons. The van der Waals surface area contributed by atoms with E-state index in [1.165, 1.54) is 0 Å². The first-order valence-electron chi connectivity index (χ1n) is 1.56. The molecule has 0 fully saturated rings. The fourth-order valence-electron chi connectivity index (χ4n) is 0. The summed E-state index contributed by atoms with van der Waals surface area (Å²) in [5.74, 6) is 0. The summed E-state index contributed by atoms with van der Waals surface area (Å²) in [4.78, 5) is 18.0. The highest BCUT2D eigenvalue weighted by Crippen LogP contribution is 1.26. The van der Waals surface area contributed by atoms with E-state index in [-0.39, 0.29) is 24.8 Å². The minimum Gasteiger partial charge on any atom is -0.352 e. The normalized spacial score (nSPS) is 4.80. The van der Waals surface area contributed by atoms with Gasteiger partial charge in [0.15, 0.2) is 0 Å². The van der Waals surface area contributed by atoms with E-state index in [4.69, 9.17) is 9.59 Å². The molecule has 0 aliphatic heterocycles. The minimum atomic E-state index is -0.833. The Labute approximate surface area is 70.1 Å². The van der Waals surface area contributed by atoms with E-state index in [2.05, 4.69) is 22.9 Å². The number of urea groups is 2. The van der Waals surface area contributed by atoms with Gasteiger partial charge in [-0.1, -0.05) is 0 Å². The Kier molecular flexibility index (Phi) is 36.0. The predicted molar refractivity (Wildman–Crippen MR) is 42.0 cm³/mol. The van der Waals surface area contributed by atoms with Gasteiger partial charge in [0, 0.05) is 0 Å². The Balaban J connectivity index is -0.0000000300. The van der Waals surface area contributed by atoms with Crippen LogP contribution in [-0.4, -0.2) is 12.1 Å². The standard InChI is InChI=1S/2CH4N2O.2ClH/c2*2-1(3)4;;/h2*(H4,2,3,4);2*1H. The summed E-state index contributed by atoms with van der Waals surface area (Å²) in [6.45, 7) is 0. The molecule has 0 unspecified atom stereocenters.